The van der Waals surface area contributed by atoms with Crippen molar-refractivity contribution in [2.75, 3.05) is 11.1 Å². The summed E-state index contributed by atoms with van der Waals surface area (Å²) in [6, 6.07) is 11.2. The maximum atomic E-state index is 9.07. The Morgan fingerprint density at radius 1 is 1.33 bits per heavy atom. The summed E-state index contributed by atoms with van der Waals surface area (Å²) < 4.78 is 0.867. The van der Waals surface area contributed by atoms with Crippen molar-refractivity contribution in [3.63, 3.8) is 0 Å². The molecule has 0 fully saturated rings. The van der Waals surface area contributed by atoms with Crippen LogP contribution in [0.2, 0.25) is 0 Å². The molecule has 0 bridgehead atoms. The molecule has 1 aromatic heterocycles. The Morgan fingerprint density at radius 3 is 2.78 bits per heavy atom. The first-order valence-electron chi connectivity index (χ1n) is 5.30. The zero-order chi connectivity index (χ0) is 13.1. The van der Waals surface area contributed by atoms with Gasteiger partial charge >= 0.3 is 0 Å². The van der Waals surface area contributed by atoms with E-state index in [9.17, 15) is 0 Å². The molecule has 18 heavy (non-hydrogen) atoms. The maximum absolute atomic E-state index is 9.07. The molecule has 0 spiro atoms. The highest BCUT2D eigenvalue weighted by molar-refractivity contribution is 9.10. The fourth-order valence-electron chi connectivity index (χ4n) is 1.50. The number of nitriles is 1. The molecule has 0 amide bonds. The topological polar surface area (TPSA) is 74.7 Å². The van der Waals surface area contributed by atoms with Gasteiger partial charge in [-0.25, -0.2) is 4.98 Å². The molecule has 0 aliphatic carbocycles. The number of nitrogens with one attached hydrogen (secondary N) is 1. The van der Waals surface area contributed by atoms with Crippen LogP contribution in [0.15, 0.2) is 34.8 Å². The van der Waals surface area contributed by atoms with Crippen molar-refractivity contribution in [2.24, 2.45) is 0 Å². The highest BCUT2D eigenvalue weighted by Crippen LogP contribution is 2.23. The van der Waals surface area contributed by atoms with E-state index in [4.69, 9.17) is 11.0 Å². The first kappa shape index (κ1) is 12.4. The van der Waals surface area contributed by atoms with Gasteiger partial charge < -0.3 is 11.1 Å². The van der Waals surface area contributed by atoms with Crippen molar-refractivity contribution < 1.29 is 0 Å². The van der Waals surface area contributed by atoms with E-state index < -0.39 is 0 Å². The number of hydrogen-bond donors (Lipinski definition) is 2. The van der Waals surface area contributed by atoms with Crippen molar-refractivity contribution in [3.05, 3.63) is 46.1 Å². The van der Waals surface area contributed by atoms with Gasteiger partial charge in [-0.2, -0.15) is 5.26 Å². The summed E-state index contributed by atoms with van der Waals surface area (Å²) in [5.41, 5.74) is 8.39. The largest absolute Gasteiger partial charge is 0.397 e. The number of pyridine rings is 1. The molecule has 0 saturated heterocycles. The van der Waals surface area contributed by atoms with E-state index in [-0.39, 0.29) is 0 Å². The fourth-order valence-corrected chi connectivity index (χ4v) is 1.86. The van der Waals surface area contributed by atoms with Crippen LogP contribution in [0.5, 0.6) is 0 Å². The average Bonchev–Trinajstić information content (AvgIpc) is 2.36. The third kappa shape index (κ3) is 2.60. The molecule has 0 atom stereocenters. The highest BCUT2D eigenvalue weighted by atomic mass is 79.9. The van der Waals surface area contributed by atoms with Crippen LogP contribution >= 0.6 is 15.9 Å². The van der Waals surface area contributed by atoms with Gasteiger partial charge in [0, 0.05) is 4.47 Å². The second-order valence-electron chi connectivity index (χ2n) is 3.80. The van der Waals surface area contributed by atoms with Crippen molar-refractivity contribution >= 4 is 33.1 Å². The molecule has 0 radical (unpaired) electrons. The minimum Gasteiger partial charge on any atom is -0.397 e. The van der Waals surface area contributed by atoms with Crippen LogP contribution in [0.1, 0.15) is 11.3 Å². The van der Waals surface area contributed by atoms with Crippen LogP contribution in [0.25, 0.3) is 0 Å². The molecule has 1 heterocycles. The van der Waals surface area contributed by atoms with E-state index in [1.165, 1.54) is 0 Å². The molecule has 0 aliphatic heterocycles. The Labute approximate surface area is 114 Å². The molecule has 2 aromatic rings. The predicted octanol–water partition coefficient (Wildman–Crippen LogP) is 3.35. The second kappa shape index (κ2) is 5.07. The zero-order valence-electron chi connectivity index (χ0n) is 9.74. The SMILES string of the molecule is Cc1nc(Nc2ccc(Br)cc2C#N)ccc1N. The van der Waals surface area contributed by atoms with Crippen molar-refractivity contribution in [1.29, 1.82) is 5.26 Å². The number of anilines is 3. The van der Waals surface area contributed by atoms with E-state index in [1.54, 1.807) is 18.2 Å². The standard InChI is InChI=1S/C13H11BrN4/c1-8-11(16)3-5-13(17-8)18-12-4-2-10(14)6-9(12)7-15/h2-6H,16H2,1H3,(H,17,18). The van der Waals surface area contributed by atoms with Gasteiger partial charge in [0.05, 0.1) is 22.6 Å². The number of aryl methyl sites for hydroxylation is 1. The van der Waals surface area contributed by atoms with Gasteiger partial charge in [-0.15, -0.1) is 0 Å². The van der Waals surface area contributed by atoms with Gasteiger partial charge in [0.15, 0.2) is 0 Å². The molecular formula is C13H11BrN4. The normalized spacial score (nSPS) is 9.83. The third-order valence-corrected chi connectivity index (χ3v) is 2.98. The zero-order valence-corrected chi connectivity index (χ0v) is 11.3. The number of halogens is 1. The first-order valence-corrected chi connectivity index (χ1v) is 6.09. The van der Waals surface area contributed by atoms with Crippen LogP contribution in [0.3, 0.4) is 0 Å². The summed E-state index contributed by atoms with van der Waals surface area (Å²) in [5, 5.41) is 12.2. The Kier molecular flexibility index (Phi) is 3.49. The highest BCUT2D eigenvalue weighted by Gasteiger charge is 2.04. The Bertz CT molecular complexity index is 631. The van der Waals surface area contributed by atoms with Gasteiger partial charge in [-0.1, -0.05) is 15.9 Å². The fraction of sp³-hybridized carbons (Fsp3) is 0.0769. The Hall–Kier alpha value is -2.06. The lowest BCUT2D eigenvalue weighted by Gasteiger charge is -2.09. The lowest BCUT2D eigenvalue weighted by Crippen LogP contribution is -1.99. The van der Waals surface area contributed by atoms with Gasteiger partial charge in [0.2, 0.25) is 0 Å². The quantitative estimate of drug-likeness (QED) is 0.892. The molecule has 1 aromatic carbocycles. The lowest BCUT2D eigenvalue weighted by atomic mass is 10.2. The first-order chi connectivity index (χ1) is 8.60. The van der Waals surface area contributed by atoms with Gasteiger partial charge in [-0.3, -0.25) is 0 Å². The average molecular weight is 303 g/mol. The van der Waals surface area contributed by atoms with Gasteiger partial charge in [-0.05, 0) is 37.3 Å². The number of hydrogen-bond acceptors (Lipinski definition) is 4. The minimum atomic E-state index is 0.556. The molecule has 3 N–H and O–H groups in total. The summed E-state index contributed by atoms with van der Waals surface area (Å²) in [6.07, 6.45) is 0. The maximum Gasteiger partial charge on any atom is 0.130 e. The molecule has 5 heteroatoms. The summed E-state index contributed by atoms with van der Waals surface area (Å²) in [4.78, 5) is 4.31. The summed E-state index contributed by atoms with van der Waals surface area (Å²) in [5.74, 6) is 0.667. The molecular weight excluding hydrogens is 292 g/mol. The molecule has 4 nitrogen and oxygen atoms in total. The Balaban J connectivity index is 2.34. The Morgan fingerprint density at radius 2 is 2.11 bits per heavy atom. The van der Waals surface area contributed by atoms with Crippen molar-refractivity contribution in [3.8, 4) is 6.07 Å². The van der Waals surface area contributed by atoms with E-state index in [1.807, 2.05) is 19.1 Å². The van der Waals surface area contributed by atoms with Crippen LogP contribution in [-0.2, 0) is 0 Å². The van der Waals surface area contributed by atoms with Gasteiger partial charge in [0.25, 0.3) is 0 Å². The monoisotopic (exact) mass is 302 g/mol. The van der Waals surface area contributed by atoms with Crippen molar-refractivity contribution in [2.45, 2.75) is 6.92 Å². The summed E-state index contributed by atoms with van der Waals surface area (Å²) in [6.45, 7) is 1.84. The van der Waals surface area contributed by atoms with E-state index in [2.05, 4.69) is 32.3 Å². The predicted molar refractivity (Wildman–Crippen MR) is 75.5 cm³/mol. The molecule has 0 aliphatic rings. The number of nitrogens with zero attached hydrogens (tertiary/aromatic N) is 2. The number of nitrogens with two attached hydrogens (primary N) is 1. The molecule has 90 valence electrons. The summed E-state index contributed by atoms with van der Waals surface area (Å²) in [7, 11) is 0. The minimum absolute atomic E-state index is 0.556. The van der Waals surface area contributed by atoms with Crippen LogP contribution in [0.4, 0.5) is 17.2 Å². The summed E-state index contributed by atoms with van der Waals surface area (Å²) >= 11 is 3.33. The molecule has 2 rings (SSSR count). The van der Waals surface area contributed by atoms with Crippen molar-refractivity contribution in [1.82, 2.24) is 4.98 Å². The second-order valence-corrected chi connectivity index (χ2v) is 4.71. The van der Waals surface area contributed by atoms with E-state index in [0.29, 0.717) is 17.1 Å². The van der Waals surface area contributed by atoms with Crippen LogP contribution in [0, 0.1) is 18.3 Å². The number of nitrogen functional groups attached to an aromatic ring is 1. The smallest absolute Gasteiger partial charge is 0.130 e. The molecule has 0 saturated carbocycles. The number of aromatic nitrogens is 1. The van der Waals surface area contributed by atoms with Crippen LogP contribution in [-0.4, -0.2) is 4.98 Å². The van der Waals surface area contributed by atoms with Crippen LogP contribution < -0.4 is 11.1 Å². The van der Waals surface area contributed by atoms with E-state index in [0.717, 1.165) is 15.9 Å². The molecule has 0 unspecified atom stereocenters. The number of rotatable bonds is 2. The third-order valence-electron chi connectivity index (χ3n) is 2.49. The number of benzene rings is 1. The van der Waals surface area contributed by atoms with Gasteiger partial charge in [0.1, 0.15) is 11.9 Å². The lowest BCUT2D eigenvalue weighted by molar-refractivity contribution is 1.20. The van der Waals surface area contributed by atoms with E-state index >= 15 is 0 Å².